The minimum Gasteiger partial charge on any atom is -0.423 e. The minimum absolute atomic E-state index is 0.0978. The highest BCUT2D eigenvalue weighted by Crippen LogP contribution is 2.31. The molecule has 0 spiro atoms. The first-order valence-electron chi connectivity index (χ1n) is 10.1. The summed E-state index contributed by atoms with van der Waals surface area (Å²) in [7, 11) is -3.95. The van der Waals surface area contributed by atoms with E-state index in [4.69, 9.17) is 10.8 Å². The standard InChI is InChI=1S/C22H19F3N4O4S/c1-2-9-26-20(30)15-3-8-19-18(14-15)27-21(33-19)28-10-12-29(13-11-28)34(31,32)17-6-4-16(5-7-17)22(23,24)25/h1,3-8,14H,9-13H2,(H,26,30). The molecule has 2 heterocycles. The summed E-state index contributed by atoms with van der Waals surface area (Å²) in [5.74, 6) is 1.98. The van der Waals surface area contributed by atoms with Gasteiger partial charge in [0.25, 0.3) is 11.9 Å². The second-order valence-electron chi connectivity index (χ2n) is 7.48. The summed E-state index contributed by atoms with van der Waals surface area (Å²) < 4.78 is 70.9. The number of nitrogens with zero attached hydrogens (tertiary/aromatic N) is 3. The molecule has 1 fully saturated rings. The average Bonchev–Trinajstić information content (AvgIpc) is 3.25. The van der Waals surface area contributed by atoms with Gasteiger partial charge >= 0.3 is 6.18 Å². The molecule has 1 aliphatic rings. The average molecular weight is 492 g/mol. The fourth-order valence-electron chi connectivity index (χ4n) is 3.51. The quantitative estimate of drug-likeness (QED) is 0.551. The Bertz CT molecular complexity index is 1350. The second kappa shape index (κ2) is 9.00. The van der Waals surface area contributed by atoms with E-state index in [1.165, 1.54) is 4.31 Å². The van der Waals surface area contributed by atoms with Crippen molar-refractivity contribution in [2.45, 2.75) is 11.1 Å². The Balaban J connectivity index is 1.45. The van der Waals surface area contributed by atoms with Crippen LogP contribution in [0.5, 0.6) is 0 Å². The number of alkyl halides is 3. The monoisotopic (exact) mass is 492 g/mol. The van der Waals surface area contributed by atoms with Crippen LogP contribution in [0.2, 0.25) is 0 Å². The van der Waals surface area contributed by atoms with Crippen molar-refractivity contribution >= 4 is 33.0 Å². The van der Waals surface area contributed by atoms with Crippen molar-refractivity contribution in [3.63, 3.8) is 0 Å². The van der Waals surface area contributed by atoms with Crippen LogP contribution < -0.4 is 10.2 Å². The van der Waals surface area contributed by atoms with Gasteiger partial charge < -0.3 is 14.6 Å². The maximum Gasteiger partial charge on any atom is 0.416 e. The van der Waals surface area contributed by atoms with Crippen molar-refractivity contribution in [3.8, 4) is 12.3 Å². The van der Waals surface area contributed by atoms with Crippen LogP contribution in [0.15, 0.2) is 51.8 Å². The smallest absolute Gasteiger partial charge is 0.416 e. The summed E-state index contributed by atoms with van der Waals surface area (Å²) in [6, 6.07) is 8.47. The molecule has 4 rings (SSSR count). The van der Waals surface area contributed by atoms with E-state index in [0.29, 0.717) is 16.7 Å². The zero-order valence-corrected chi connectivity index (χ0v) is 18.5. The van der Waals surface area contributed by atoms with Gasteiger partial charge in [-0.2, -0.15) is 22.5 Å². The number of oxazole rings is 1. The van der Waals surface area contributed by atoms with E-state index < -0.39 is 21.8 Å². The molecule has 8 nitrogen and oxygen atoms in total. The molecule has 0 unspecified atom stereocenters. The lowest BCUT2D eigenvalue weighted by Crippen LogP contribution is -2.48. The van der Waals surface area contributed by atoms with Gasteiger partial charge in [0.15, 0.2) is 5.58 Å². The van der Waals surface area contributed by atoms with Crippen molar-refractivity contribution < 1.29 is 30.8 Å². The minimum atomic E-state index is -4.54. The van der Waals surface area contributed by atoms with E-state index in [1.54, 1.807) is 23.1 Å². The summed E-state index contributed by atoms with van der Waals surface area (Å²) in [5.41, 5.74) is 0.380. The van der Waals surface area contributed by atoms with E-state index >= 15 is 0 Å². The van der Waals surface area contributed by atoms with E-state index in [1.807, 2.05) is 0 Å². The van der Waals surface area contributed by atoms with Crippen LogP contribution in [0, 0.1) is 12.3 Å². The van der Waals surface area contributed by atoms with Crippen molar-refractivity contribution in [1.82, 2.24) is 14.6 Å². The number of piperazine rings is 1. The molecule has 12 heteroatoms. The number of nitrogens with one attached hydrogen (secondary N) is 1. The number of benzene rings is 2. The van der Waals surface area contributed by atoms with Crippen LogP contribution in [0.3, 0.4) is 0 Å². The lowest BCUT2D eigenvalue weighted by molar-refractivity contribution is -0.137. The third kappa shape index (κ3) is 4.71. The van der Waals surface area contributed by atoms with Crippen molar-refractivity contribution in [1.29, 1.82) is 0 Å². The van der Waals surface area contributed by atoms with Gasteiger partial charge in [-0.1, -0.05) is 5.92 Å². The van der Waals surface area contributed by atoms with E-state index in [-0.39, 0.29) is 49.5 Å². The van der Waals surface area contributed by atoms with Gasteiger partial charge in [-0.15, -0.1) is 6.42 Å². The molecule has 0 bridgehead atoms. The van der Waals surface area contributed by atoms with Crippen molar-refractivity contribution in [3.05, 3.63) is 53.6 Å². The number of anilines is 1. The highest BCUT2D eigenvalue weighted by molar-refractivity contribution is 7.89. The molecule has 3 aromatic rings. The van der Waals surface area contributed by atoms with Gasteiger partial charge in [0.05, 0.1) is 17.0 Å². The highest BCUT2D eigenvalue weighted by atomic mass is 32.2. The maximum absolute atomic E-state index is 12.8. The highest BCUT2D eigenvalue weighted by Gasteiger charge is 2.33. The number of hydrogen-bond acceptors (Lipinski definition) is 6. The number of sulfonamides is 1. The van der Waals surface area contributed by atoms with E-state index in [2.05, 4.69) is 16.2 Å². The van der Waals surface area contributed by atoms with Crippen LogP contribution in [0.4, 0.5) is 19.2 Å². The van der Waals surface area contributed by atoms with Gasteiger partial charge in [0.2, 0.25) is 10.0 Å². The van der Waals surface area contributed by atoms with Crippen LogP contribution in [0.25, 0.3) is 11.1 Å². The Hall–Kier alpha value is -3.56. The van der Waals surface area contributed by atoms with Crippen LogP contribution in [0.1, 0.15) is 15.9 Å². The van der Waals surface area contributed by atoms with Crippen molar-refractivity contribution in [2.24, 2.45) is 0 Å². The molecule has 1 N–H and O–H groups in total. The largest absolute Gasteiger partial charge is 0.423 e. The number of carbonyl (C=O) groups is 1. The van der Waals surface area contributed by atoms with E-state index in [0.717, 1.165) is 24.3 Å². The van der Waals surface area contributed by atoms with Crippen LogP contribution >= 0.6 is 0 Å². The fourth-order valence-corrected chi connectivity index (χ4v) is 4.93. The lowest BCUT2D eigenvalue weighted by atomic mass is 10.2. The predicted octanol–water partition coefficient (Wildman–Crippen LogP) is 2.72. The zero-order valence-electron chi connectivity index (χ0n) is 17.7. The van der Waals surface area contributed by atoms with Gasteiger partial charge in [-0.25, -0.2) is 8.42 Å². The summed E-state index contributed by atoms with van der Waals surface area (Å²) in [5, 5.41) is 2.56. The molecule has 34 heavy (non-hydrogen) atoms. The Morgan fingerprint density at radius 3 is 2.41 bits per heavy atom. The normalized spacial score (nSPS) is 15.3. The number of carbonyl (C=O) groups excluding carboxylic acids is 1. The van der Waals surface area contributed by atoms with E-state index in [9.17, 15) is 26.4 Å². The van der Waals surface area contributed by atoms with Gasteiger partial charge in [0.1, 0.15) is 5.52 Å². The topological polar surface area (TPSA) is 95.8 Å². The Labute approximate surface area is 193 Å². The Kier molecular flexibility index (Phi) is 6.24. The number of terminal acetylenes is 1. The van der Waals surface area contributed by atoms with Crippen molar-refractivity contribution in [2.75, 3.05) is 37.6 Å². The predicted molar refractivity (Wildman–Crippen MR) is 118 cm³/mol. The second-order valence-corrected chi connectivity index (χ2v) is 9.42. The first-order valence-corrected chi connectivity index (χ1v) is 11.6. The molecule has 0 radical (unpaired) electrons. The number of rotatable bonds is 5. The number of fused-ring (bicyclic) bond motifs is 1. The molecule has 1 aliphatic heterocycles. The Morgan fingerprint density at radius 2 is 1.79 bits per heavy atom. The number of halogens is 3. The lowest BCUT2D eigenvalue weighted by Gasteiger charge is -2.33. The molecule has 1 amide bonds. The summed E-state index contributed by atoms with van der Waals surface area (Å²) in [6.45, 7) is 0.828. The maximum atomic E-state index is 12.8. The molecule has 1 aromatic heterocycles. The molecule has 0 aliphatic carbocycles. The van der Waals surface area contributed by atoms with Gasteiger partial charge in [0, 0.05) is 31.7 Å². The third-order valence-corrected chi connectivity index (χ3v) is 7.23. The molecule has 178 valence electrons. The summed E-state index contributed by atoms with van der Waals surface area (Å²) >= 11 is 0. The summed E-state index contributed by atoms with van der Waals surface area (Å²) in [4.78, 5) is 18.0. The molecule has 0 atom stereocenters. The zero-order chi connectivity index (χ0) is 24.5. The molecular formula is C22H19F3N4O4S. The Morgan fingerprint density at radius 1 is 1.12 bits per heavy atom. The van der Waals surface area contributed by atoms with Gasteiger partial charge in [-0.05, 0) is 42.5 Å². The number of hydrogen-bond donors (Lipinski definition) is 1. The first-order chi connectivity index (χ1) is 16.1. The summed E-state index contributed by atoms with van der Waals surface area (Å²) in [6.07, 6.45) is 0.601. The van der Waals surface area contributed by atoms with Gasteiger partial charge in [-0.3, -0.25) is 4.79 Å². The third-order valence-electron chi connectivity index (χ3n) is 5.32. The van der Waals surface area contributed by atoms with Crippen LogP contribution in [-0.2, 0) is 16.2 Å². The van der Waals surface area contributed by atoms with Crippen LogP contribution in [-0.4, -0.2) is 56.3 Å². The first kappa shape index (κ1) is 23.6. The SMILES string of the molecule is C#CCNC(=O)c1ccc2oc(N3CCN(S(=O)(=O)c4ccc(C(F)(F)F)cc4)CC3)nc2c1. The number of amides is 1. The molecular weight excluding hydrogens is 473 g/mol. The molecule has 1 saturated heterocycles. The molecule has 0 saturated carbocycles. The number of aromatic nitrogens is 1. The molecule has 2 aromatic carbocycles. The fraction of sp³-hybridized carbons (Fsp3) is 0.273.